The van der Waals surface area contributed by atoms with Crippen LogP contribution in [0.25, 0.3) is 0 Å². The van der Waals surface area contributed by atoms with Crippen molar-refractivity contribution in [2.24, 2.45) is 0 Å². The molecule has 0 radical (unpaired) electrons. The van der Waals surface area contributed by atoms with Crippen molar-refractivity contribution in [2.75, 3.05) is 30.0 Å². The number of amides is 2. The third-order valence-corrected chi connectivity index (χ3v) is 4.36. The number of thioether (sulfide) groups is 1. The van der Waals surface area contributed by atoms with E-state index in [-0.39, 0.29) is 30.3 Å². The molecule has 2 N–H and O–H groups in total. The second-order valence-corrected chi connectivity index (χ2v) is 6.16. The molecule has 1 aliphatic rings. The highest BCUT2D eigenvalue weighted by Gasteiger charge is 2.22. The van der Waals surface area contributed by atoms with E-state index < -0.39 is 0 Å². The molecule has 0 bridgehead atoms. The Balaban J connectivity index is 0.00000288. The molecule has 0 aromatic heterocycles. The molecular weight excluding hydrogens is 346 g/mol. The molecule has 7 heteroatoms. The van der Waals surface area contributed by atoms with E-state index in [1.165, 1.54) is 0 Å². The number of carbonyl (C=O) groups is 2. The maximum absolute atomic E-state index is 12.4. The lowest BCUT2D eigenvalue weighted by Crippen LogP contribution is -2.37. The van der Waals surface area contributed by atoms with Gasteiger partial charge in [0.25, 0.3) is 5.91 Å². The summed E-state index contributed by atoms with van der Waals surface area (Å²) in [6.07, 6.45) is 3.37. The van der Waals surface area contributed by atoms with Crippen LogP contribution in [-0.2, 0) is 4.79 Å². The lowest BCUT2D eigenvalue weighted by atomic mass is 10.1. The van der Waals surface area contributed by atoms with E-state index in [0.717, 1.165) is 11.6 Å². The van der Waals surface area contributed by atoms with E-state index in [1.807, 2.05) is 0 Å². The van der Waals surface area contributed by atoms with Crippen LogP contribution >= 0.6 is 24.2 Å². The molecule has 0 saturated carbocycles. The summed E-state index contributed by atoms with van der Waals surface area (Å²) in [7, 11) is 0. The quantitative estimate of drug-likeness (QED) is 0.727. The molecule has 1 heterocycles. The SMILES string of the molecule is C=CCN(CC=C)C(=O)c1ccc(NC(=O)C2CSCN2)cc1.Cl. The van der Waals surface area contributed by atoms with Crippen LogP contribution in [0.5, 0.6) is 0 Å². The molecule has 1 fully saturated rings. The smallest absolute Gasteiger partial charge is 0.254 e. The van der Waals surface area contributed by atoms with Crippen LogP contribution in [0.1, 0.15) is 10.4 Å². The minimum Gasteiger partial charge on any atom is -0.331 e. The molecule has 0 aliphatic carbocycles. The van der Waals surface area contributed by atoms with Crippen molar-refractivity contribution in [1.82, 2.24) is 10.2 Å². The Hall–Kier alpha value is -1.76. The van der Waals surface area contributed by atoms with E-state index in [0.29, 0.717) is 24.3 Å². The lowest BCUT2D eigenvalue weighted by molar-refractivity contribution is -0.117. The Morgan fingerprint density at radius 2 is 1.88 bits per heavy atom. The van der Waals surface area contributed by atoms with E-state index in [1.54, 1.807) is 53.1 Å². The summed E-state index contributed by atoms with van der Waals surface area (Å²) in [5, 5.41) is 5.98. The third kappa shape index (κ3) is 5.40. The number of halogens is 1. The first kappa shape index (κ1) is 20.3. The minimum atomic E-state index is -0.156. The molecule has 1 aromatic rings. The number of nitrogens with one attached hydrogen (secondary N) is 2. The summed E-state index contributed by atoms with van der Waals surface area (Å²) >= 11 is 1.70. The van der Waals surface area contributed by atoms with Gasteiger partial charge in [0.1, 0.15) is 0 Å². The Morgan fingerprint density at radius 1 is 1.25 bits per heavy atom. The van der Waals surface area contributed by atoms with Crippen LogP contribution in [0.3, 0.4) is 0 Å². The van der Waals surface area contributed by atoms with E-state index >= 15 is 0 Å². The average Bonchev–Trinajstić information content (AvgIpc) is 3.09. The van der Waals surface area contributed by atoms with Gasteiger partial charge in [0.05, 0.1) is 6.04 Å². The average molecular weight is 368 g/mol. The molecule has 2 rings (SSSR count). The molecule has 2 amide bonds. The van der Waals surface area contributed by atoms with Crippen LogP contribution in [-0.4, -0.2) is 47.5 Å². The van der Waals surface area contributed by atoms with Gasteiger partial charge in [-0.25, -0.2) is 0 Å². The number of hydrogen-bond acceptors (Lipinski definition) is 4. The molecule has 1 unspecified atom stereocenters. The van der Waals surface area contributed by atoms with Gasteiger partial charge in [-0.05, 0) is 24.3 Å². The summed E-state index contributed by atoms with van der Waals surface area (Å²) in [6, 6.07) is 6.76. The van der Waals surface area contributed by atoms with Crippen molar-refractivity contribution >= 4 is 41.7 Å². The Kier molecular flexibility index (Phi) is 8.60. The van der Waals surface area contributed by atoms with Crippen LogP contribution in [0.4, 0.5) is 5.69 Å². The number of rotatable bonds is 7. The summed E-state index contributed by atoms with van der Waals surface area (Å²) in [5.41, 5.74) is 1.26. The van der Waals surface area contributed by atoms with Gasteiger partial charge >= 0.3 is 0 Å². The van der Waals surface area contributed by atoms with Gasteiger partial charge in [-0.2, -0.15) is 0 Å². The fourth-order valence-corrected chi connectivity index (χ4v) is 3.17. The zero-order chi connectivity index (χ0) is 16.7. The molecule has 0 spiro atoms. The summed E-state index contributed by atoms with van der Waals surface area (Å²) in [6.45, 7) is 8.25. The highest BCUT2D eigenvalue weighted by atomic mass is 35.5. The monoisotopic (exact) mass is 367 g/mol. The number of anilines is 1. The van der Waals surface area contributed by atoms with Gasteiger partial charge in [0.15, 0.2) is 0 Å². The summed E-state index contributed by atoms with van der Waals surface area (Å²) in [5.74, 6) is 1.44. The zero-order valence-corrected chi connectivity index (χ0v) is 15.0. The molecule has 1 atom stereocenters. The van der Waals surface area contributed by atoms with Crippen LogP contribution in [0, 0.1) is 0 Å². The molecule has 5 nitrogen and oxygen atoms in total. The number of carbonyl (C=O) groups excluding carboxylic acids is 2. The van der Waals surface area contributed by atoms with Gasteiger partial charge in [0, 0.05) is 36.0 Å². The fourth-order valence-electron chi connectivity index (χ4n) is 2.22. The molecule has 1 aromatic carbocycles. The highest BCUT2D eigenvalue weighted by molar-refractivity contribution is 7.99. The minimum absolute atomic E-state index is 0. The van der Waals surface area contributed by atoms with Crippen LogP contribution < -0.4 is 10.6 Å². The molecule has 24 heavy (non-hydrogen) atoms. The number of benzene rings is 1. The van der Waals surface area contributed by atoms with Gasteiger partial charge < -0.3 is 10.2 Å². The first-order valence-electron chi connectivity index (χ1n) is 7.39. The van der Waals surface area contributed by atoms with Crippen molar-refractivity contribution < 1.29 is 9.59 Å². The first-order chi connectivity index (χ1) is 11.2. The summed E-state index contributed by atoms with van der Waals surface area (Å²) < 4.78 is 0. The molecule has 1 saturated heterocycles. The van der Waals surface area contributed by atoms with E-state index in [4.69, 9.17) is 0 Å². The van der Waals surface area contributed by atoms with Gasteiger partial charge in [-0.15, -0.1) is 37.3 Å². The van der Waals surface area contributed by atoms with Crippen molar-refractivity contribution in [3.63, 3.8) is 0 Å². The molecular formula is C17H22ClN3O2S. The van der Waals surface area contributed by atoms with Crippen molar-refractivity contribution in [1.29, 1.82) is 0 Å². The Bertz CT molecular complexity index is 576. The largest absolute Gasteiger partial charge is 0.331 e. The highest BCUT2D eigenvalue weighted by Crippen LogP contribution is 2.15. The first-order valence-corrected chi connectivity index (χ1v) is 8.54. The van der Waals surface area contributed by atoms with Crippen molar-refractivity contribution in [3.05, 3.63) is 55.1 Å². The normalized spacial score (nSPS) is 15.9. The second-order valence-electron chi connectivity index (χ2n) is 5.13. The maximum atomic E-state index is 12.4. The van der Waals surface area contributed by atoms with Gasteiger partial charge in [0.2, 0.25) is 5.91 Å². The number of hydrogen-bond donors (Lipinski definition) is 2. The summed E-state index contributed by atoms with van der Waals surface area (Å²) in [4.78, 5) is 26.1. The van der Waals surface area contributed by atoms with Crippen molar-refractivity contribution in [2.45, 2.75) is 6.04 Å². The van der Waals surface area contributed by atoms with Crippen LogP contribution in [0.15, 0.2) is 49.6 Å². The Labute approximate surface area is 153 Å². The third-order valence-electron chi connectivity index (χ3n) is 3.42. The predicted molar refractivity (Wildman–Crippen MR) is 103 cm³/mol. The van der Waals surface area contributed by atoms with Crippen LogP contribution in [0.2, 0.25) is 0 Å². The molecule has 1 aliphatic heterocycles. The second kappa shape index (κ2) is 10.2. The van der Waals surface area contributed by atoms with Gasteiger partial charge in [-0.1, -0.05) is 12.2 Å². The van der Waals surface area contributed by atoms with Gasteiger partial charge in [-0.3, -0.25) is 14.9 Å². The Morgan fingerprint density at radius 3 is 2.38 bits per heavy atom. The van der Waals surface area contributed by atoms with Crippen molar-refractivity contribution in [3.8, 4) is 0 Å². The molecule has 130 valence electrons. The maximum Gasteiger partial charge on any atom is 0.254 e. The van der Waals surface area contributed by atoms with E-state index in [9.17, 15) is 9.59 Å². The van der Waals surface area contributed by atoms with E-state index in [2.05, 4.69) is 23.8 Å². The topological polar surface area (TPSA) is 61.4 Å². The standard InChI is InChI=1S/C17H21N3O2S.ClH/c1-3-9-20(10-4-2)17(22)13-5-7-14(8-6-13)19-16(21)15-11-23-12-18-15;/h3-8,15,18H,1-2,9-12H2,(H,19,21);1H. The fraction of sp³-hybridized carbons (Fsp3) is 0.294. The number of nitrogens with zero attached hydrogens (tertiary/aromatic N) is 1. The predicted octanol–water partition coefficient (Wildman–Crippen LogP) is 2.52. The zero-order valence-electron chi connectivity index (χ0n) is 13.4. The lowest BCUT2D eigenvalue weighted by Gasteiger charge is -2.19.